The number of aliphatic imine (C=N–C) groups is 1. The molecule has 1 aliphatic rings. The molecule has 0 heterocycles. The molecule has 96 valence electrons. The van der Waals surface area contributed by atoms with Gasteiger partial charge in [0.25, 0.3) is 0 Å². The molecule has 6 heteroatoms. The van der Waals surface area contributed by atoms with Gasteiger partial charge in [-0.05, 0) is 25.3 Å². The highest BCUT2D eigenvalue weighted by molar-refractivity contribution is 6.31. The van der Waals surface area contributed by atoms with Gasteiger partial charge in [-0.15, -0.1) is 0 Å². The predicted molar refractivity (Wildman–Crippen MR) is 61.6 cm³/mol. The molecule has 0 atom stereocenters. The highest BCUT2D eigenvalue weighted by atomic mass is 35.5. The summed E-state index contributed by atoms with van der Waals surface area (Å²) in [7, 11) is 1.26. The van der Waals surface area contributed by atoms with Gasteiger partial charge in [0.2, 0.25) is 6.08 Å². The molecule has 1 fully saturated rings. The van der Waals surface area contributed by atoms with Crippen LogP contribution in [-0.2, 0) is 10.3 Å². The molecule has 0 saturated heterocycles. The monoisotopic (exact) mass is 273 g/mol. The van der Waals surface area contributed by atoms with E-state index in [0.29, 0.717) is 12.8 Å². The largest absolute Gasteiger partial charge is 0.493 e. The highest BCUT2D eigenvalue weighted by Crippen LogP contribution is 2.49. The van der Waals surface area contributed by atoms with Crippen molar-refractivity contribution in [3.63, 3.8) is 0 Å². The zero-order valence-corrected chi connectivity index (χ0v) is 10.4. The predicted octanol–water partition coefficient (Wildman–Crippen LogP) is 3.34. The summed E-state index contributed by atoms with van der Waals surface area (Å²) >= 11 is 5.48. The van der Waals surface area contributed by atoms with E-state index in [1.165, 1.54) is 13.2 Å². The lowest BCUT2D eigenvalue weighted by Crippen LogP contribution is -2.32. The fraction of sp³-hybridized carbons (Fsp3) is 0.417. The minimum absolute atomic E-state index is 0.167. The molecule has 0 N–H and O–H groups in total. The molecule has 1 aromatic rings. The Balaban J connectivity index is 2.67. The third-order valence-corrected chi connectivity index (χ3v) is 3.61. The van der Waals surface area contributed by atoms with E-state index in [1.54, 1.807) is 0 Å². The van der Waals surface area contributed by atoms with Gasteiger partial charge in [0.05, 0.1) is 7.11 Å². The molecule has 0 aliphatic heterocycles. The minimum atomic E-state index is -0.971. The summed E-state index contributed by atoms with van der Waals surface area (Å²) in [5.74, 6) is -2.03. The fourth-order valence-electron chi connectivity index (χ4n) is 2.16. The molecule has 18 heavy (non-hydrogen) atoms. The molecule has 1 aliphatic carbocycles. The number of hydrogen-bond donors (Lipinski definition) is 0. The first kappa shape index (κ1) is 13.0. The van der Waals surface area contributed by atoms with Crippen molar-refractivity contribution in [1.82, 2.24) is 0 Å². The third kappa shape index (κ3) is 1.80. The number of isocyanates is 1. The summed E-state index contributed by atoms with van der Waals surface area (Å²) in [5.41, 5.74) is -0.724. The maximum Gasteiger partial charge on any atom is 0.235 e. The molecule has 0 unspecified atom stereocenters. The SMILES string of the molecule is COc1c(C2(N=C=O)CCC2)cc(F)c(Cl)c1F. The van der Waals surface area contributed by atoms with Crippen molar-refractivity contribution >= 4 is 17.7 Å². The molecule has 0 radical (unpaired) electrons. The lowest BCUT2D eigenvalue weighted by Gasteiger charge is -2.37. The number of methoxy groups -OCH3 is 1. The van der Waals surface area contributed by atoms with Gasteiger partial charge in [-0.25, -0.2) is 13.6 Å². The Labute approximate surface area is 107 Å². The number of rotatable bonds is 3. The van der Waals surface area contributed by atoms with Crippen LogP contribution in [0.2, 0.25) is 5.02 Å². The zero-order valence-electron chi connectivity index (χ0n) is 9.60. The van der Waals surface area contributed by atoms with Crippen molar-refractivity contribution in [2.45, 2.75) is 24.8 Å². The van der Waals surface area contributed by atoms with Gasteiger partial charge in [-0.2, -0.15) is 4.99 Å². The van der Waals surface area contributed by atoms with Crippen molar-refractivity contribution in [1.29, 1.82) is 0 Å². The first-order valence-corrected chi connectivity index (χ1v) is 5.74. The van der Waals surface area contributed by atoms with Crippen molar-refractivity contribution in [3.05, 3.63) is 28.3 Å². The summed E-state index contributed by atoms with van der Waals surface area (Å²) in [6.07, 6.45) is 3.33. The Morgan fingerprint density at radius 1 is 1.50 bits per heavy atom. The summed E-state index contributed by atoms with van der Waals surface area (Å²) in [6, 6.07) is 1.07. The van der Waals surface area contributed by atoms with Gasteiger partial charge >= 0.3 is 0 Å². The number of ether oxygens (including phenoxy) is 1. The molecule has 1 aromatic carbocycles. The molecule has 1 saturated carbocycles. The second-order valence-electron chi connectivity index (χ2n) is 4.16. The minimum Gasteiger partial charge on any atom is -0.493 e. The number of benzene rings is 1. The Kier molecular flexibility index (Phi) is 3.37. The maximum absolute atomic E-state index is 13.8. The van der Waals surface area contributed by atoms with Crippen LogP contribution in [0.4, 0.5) is 8.78 Å². The Morgan fingerprint density at radius 3 is 2.61 bits per heavy atom. The van der Waals surface area contributed by atoms with E-state index in [0.717, 1.165) is 12.5 Å². The van der Waals surface area contributed by atoms with Crippen LogP contribution in [-0.4, -0.2) is 13.2 Å². The van der Waals surface area contributed by atoms with Gasteiger partial charge in [0, 0.05) is 5.56 Å². The highest BCUT2D eigenvalue weighted by Gasteiger charge is 2.42. The van der Waals surface area contributed by atoms with E-state index in [1.807, 2.05) is 0 Å². The first-order chi connectivity index (χ1) is 8.55. The van der Waals surface area contributed by atoms with Crippen molar-refractivity contribution in [3.8, 4) is 5.75 Å². The topological polar surface area (TPSA) is 38.7 Å². The quantitative estimate of drug-likeness (QED) is 0.481. The van der Waals surface area contributed by atoms with Crippen LogP contribution in [0.15, 0.2) is 11.1 Å². The van der Waals surface area contributed by atoms with Crippen LogP contribution in [0.5, 0.6) is 5.75 Å². The average molecular weight is 274 g/mol. The molecule has 2 rings (SSSR count). The van der Waals surface area contributed by atoms with Gasteiger partial charge in [0.15, 0.2) is 11.6 Å². The number of carbonyl (C=O) groups excluding carboxylic acids is 1. The second kappa shape index (κ2) is 4.67. The maximum atomic E-state index is 13.8. The van der Waals surface area contributed by atoms with Crippen LogP contribution in [0.3, 0.4) is 0 Å². The summed E-state index contributed by atoms with van der Waals surface area (Å²) in [6.45, 7) is 0. The third-order valence-electron chi connectivity index (χ3n) is 3.26. The molecular formula is C12H10ClF2NO2. The number of halogens is 3. The summed E-state index contributed by atoms with van der Waals surface area (Å²) < 4.78 is 32.3. The van der Waals surface area contributed by atoms with E-state index >= 15 is 0 Å². The molecule has 0 bridgehead atoms. The summed E-state index contributed by atoms with van der Waals surface area (Å²) in [4.78, 5) is 14.2. The normalized spacial score (nSPS) is 16.7. The van der Waals surface area contributed by atoms with Gasteiger partial charge in [0.1, 0.15) is 16.4 Å². The Hall–Kier alpha value is -1.45. The molecule has 3 nitrogen and oxygen atoms in total. The van der Waals surface area contributed by atoms with Crippen LogP contribution < -0.4 is 4.74 Å². The van der Waals surface area contributed by atoms with E-state index in [4.69, 9.17) is 16.3 Å². The van der Waals surface area contributed by atoms with E-state index in [-0.39, 0.29) is 11.3 Å². The van der Waals surface area contributed by atoms with Gasteiger partial charge in [-0.1, -0.05) is 11.6 Å². The van der Waals surface area contributed by atoms with Crippen LogP contribution in [0.1, 0.15) is 24.8 Å². The zero-order chi connectivity index (χ0) is 13.3. The van der Waals surface area contributed by atoms with Crippen LogP contribution >= 0.6 is 11.6 Å². The number of nitrogens with zero attached hydrogens (tertiary/aromatic N) is 1. The lowest BCUT2D eigenvalue weighted by atomic mass is 9.72. The standard InChI is InChI=1S/C12H10ClF2NO2/c1-18-11-7(5-8(14)9(13)10(11)15)12(16-6-17)3-2-4-12/h5H,2-4H2,1H3. The lowest BCUT2D eigenvalue weighted by molar-refractivity contribution is 0.242. The van der Waals surface area contributed by atoms with Crippen LogP contribution in [0, 0.1) is 11.6 Å². The summed E-state index contributed by atoms with van der Waals surface area (Å²) in [5, 5.41) is -0.625. The van der Waals surface area contributed by atoms with E-state index in [9.17, 15) is 13.6 Å². The van der Waals surface area contributed by atoms with E-state index < -0.39 is 22.2 Å². The van der Waals surface area contributed by atoms with Crippen LogP contribution in [0.25, 0.3) is 0 Å². The average Bonchev–Trinajstić information content (AvgIpc) is 2.30. The molecular weight excluding hydrogens is 264 g/mol. The fourth-order valence-corrected chi connectivity index (χ4v) is 2.30. The Bertz CT molecular complexity index is 537. The molecule has 0 aromatic heterocycles. The second-order valence-corrected chi connectivity index (χ2v) is 4.53. The van der Waals surface area contributed by atoms with Crippen molar-refractivity contribution in [2.24, 2.45) is 4.99 Å². The van der Waals surface area contributed by atoms with Crippen molar-refractivity contribution < 1.29 is 18.3 Å². The van der Waals surface area contributed by atoms with Gasteiger partial charge < -0.3 is 4.74 Å². The first-order valence-electron chi connectivity index (χ1n) is 5.37. The number of hydrogen-bond acceptors (Lipinski definition) is 3. The smallest absolute Gasteiger partial charge is 0.235 e. The van der Waals surface area contributed by atoms with Crippen molar-refractivity contribution in [2.75, 3.05) is 7.11 Å². The molecule has 0 spiro atoms. The van der Waals surface area contributed by atoms with Gasteiger partial charge in [-0.3, -0.25) is 0 Å². The Morgan fingerprint density at radius 2 is 2.17 bits per heavy atom. The molecule has 0 amide bonds. The van der Waals surface area contributed by atoms with E-state index in [2.05, 4.69) is 4.99 Å².